The zero-order valence-electron chi connectivity index (χ0n) is 23.4. The number of amides is 3. The molecule has 214 valence electrons. The molecule has 2 aliphatic rings. The summed E-state index contributed by atoms with van der Waals surface area (Å²) < 4.78 is 1.73. The number of nitriles is 1. The molecule has 0 saturated heterocycles. The molecule has 2 aliphatic carbocycles. The number of carbonyl (C=O) groups is 3. The Morgan fingerprint density at radius 2 is 1.41 bits per heavy atom. The Kier molecular flexibility index (Phi) is 8.47. The van der Waals surface area contributed by atoms with Crippen molar-refractivity contribution >= 4 is 28.9 Å². The fraction of sp³-hybridized carbons (Fsp3) is 0.467. The van der Waals surface area contributed by atoms with E-state index in [-0.39, 0.29) is 41.9 Å². The van der Waals surface area contributed by atoms with Crippen molar-refractivity contribution in [1.29, 1.82) is 5.26 Å². The summed E-state index contributed by atoms with van der Waals surface area (Å²) in [4.78, 5) is 41.1. The number of rotatable bonds is 7. The first-order valence-corrected chi connectivity index (χ1v) is 14.3. The molecule has 3 amide bonds. The fourth-order valence-electron chi connectivity index (χ4n) is 5.97. The van der Waals surface area contributed by atoms with E-state index in [0.717, 1.165) is 62.6 Å². The van der Waals surface area contributed by atoms with Crippen LogP contribution in [0.5, 0.6) is 0 Å². The van der Waals surface area contributed by atoms with Gasteiger partial charge in [0.05, 0.1) is 39.9 Å². The van der Waals surface area contributed by atoms with Crippen LogP contribution >= 0.6 is 0 Å². The second-order valence-corrected chi connectivity index (χ2v) is 11.1. The van der Waals surface area contributed by atoms with Gasteiger partial charge in [-0.05, 0) is 75.6 Å². The van der Waals surface area contributed by atoms with Gasteiger partial charge in [0.2, 0.25) is 11.8 Å². The Bertz CT molecular complexity index is 1480. The van der Waals surface area contributed by atoms with Gasteiger partial charge in [-0.1, -0.05) is 0 Å². The molecule has 0 atom stereocenters. The molecule has 4 N–H and O–H groups in total. The first-order valence-electron chi connectivity index (χ1n) is 14.3. The zero-order chi connectivity index (χ0) is 28.9. The molecule has 0 aromatic carbocycles. The van der Waals surface area contributed by atoms with E-state index in [0.29, 0.717) is 22.5 Å². The largest absolute Gasteiger partial charge is 0.382 e. The van der Waals surface area contributed by atoms with Crippen LogP contribution in [0.4, 0.5) is 5.69 Å². The van der Waals surface area contributed by atoms with E-state index in [1.165, 1.54) is 13.1 Å². The monoisotopic (exact) mass is 556 g/mol. The number of hydrogen-bond acceptors (Lipinski definition) is 7. The lowest BCUT2D eigenvalue weighted by molar-refractivity contribution is -0.120. The Balaban J connectivity index is 1.37. The van der Waals surface area contributed by atoms with Crippen molar-refractivity contribution in [3.05, 3.63) is 47.8 Å². The van der Waals surface area contributed by atoms with E-state index in [1.54, 1.807) is 23.7 Å². The maximum Gasteiger partial charge on any atom is 0.255 e. The lowest BCUT2D eigenvalue weighted by atomic mass is 9.90. The van der Waals surface area contributed by atoms with Gasteiger partial charge in [-0.2, -0.15) is 10.4 Å². The third-order valence-electron chi connectivity index (χ3n) is 8.00. The van der Waals surface area contributed by atoms with Crippen LogP contribution in [0, 0.1) is 11.3 Å². The SMILES string of the molecule is CC(=O)NC1CCC(NC(=O)c2cnc(-c3ccc4cc(C#N)cnn34)cc2NC2CCC(NC(C)=O)CC2)CC1. The van der Waals surface area contributed by atoms with Crippen molar-refractivity contribution in [3.8, 4) is 17.5 Å². The summed E-state index contributed by atoms with van der Waals surface area (Å²) in [5, 5.41) is 26.4. The topological polar surface area (TPSA) is 153 Å². The molecule has 3 aromatic rings. The molecule has 2 fully saturated rings. The highest BCUT2D eigenvalue weighted by Gasteiger charge is 2.27. The van der Waals surface area contributed by atoms with Gasteiger partial charge in [0.15, 0.2) is 0 Å². The van der Waals surface area contributed by atoms with Gasteiger partial charge in [-0.15, -0.1) is 0 Å². The van der Waals surface area contributed by atoms with Gasteiger partial charge in [-0.25, -0.2) is 4.52 Å². The second-order valence-electron chi connectivity index (χ2n) is 11.1. The molecule has 0 spiro atoms. The average molecular weight is 557 g/mol. The number of nitrogens with one attached hydrogen (secondary N) is 4. The number of aromatic nitrogens is 3. The molecule has 3 heterocycles. The van der Waals surface area contributed by atoms with Crippen molar-refractivity contribution in [2.75, 3.05) is 5.32 Å². The predicted octanol–water partition coefficient (Wildman–Crippen LogP) is 3.30. The standard InChI is InChI=1S/C30H36N8O3/c1-18(39)34-21-3-7-23(8-4-21)36-27-14-28(29-12-11-25-13-20(15-31)16-33-38(25)29)32-17-26(27)30(41)37-24-9-5-22(6-10-24)35-19(2)40/h11-14,16-17,21-24H,3-10H2,1-2H3,(H,32,36)(H,34,39)(H,35,40)(H,37,41). The highest BCUT2D eigenvalue weighted by atomic mass is 16.2. The number of carbonyl (C=O) groups excluding carboxylic acids is 3. The zero-order valence-corrected chi connectivity index (χ0v) is 23.4. The molecule has 11 heteroatoms. The minimum atomic E-state index is -0.182. The minimum Gasteiger partial charge on any atom is -0.382 e. The first kappa shape index (κ1) is 28.1. The fourth-order valence-corrected chi connectivity index (χ4v) is 5.97. The first-order chi connectivity index (χ1) is 19.8. The van der Waals surface area contributed by atoms with E-state index in [2.05, 4.69) is 37.4 Å². The van der Waals surface area contributed by atoms with E-state index in [9.17, 15) is 19.6 Å². The van der Waals surface area contributed by atoms with Crippen LogP contribution in [-0.4, -0.2) is 56.5 Å². The predicted molar refractivity (Wildman–Crippen MR) is 154 cm³/mol. The molecule has 0 bridgehead atoms. The minimum absolute atomic E-state index is 0.0137. The highest BCUT2D eigenvalue weighted by Crippen LogP contribution is 2.29. The highest BCUT2D eigenvalue weighted by molar-refractivity contribution is 6.00. The molecular weight excluding hydrogens is 520 g/mol. The van der Waals surface area contributed by atoms with Crippen molar-refractivity contribution in [2.24, 2.45) is 0 Å². The molecule has 0 radical (unpaired) electrons. The molecule has 3 aromatic heterocycles. The van der Waals surface area contributed by atoms with Crippen molar-refractivity contribution in [1.82, 2.24) is 30.5 Å². The van der Waals surface area contributed by atoms with Gasteiger partial charge >= 0.3 is 0 Å². The normalized spacial score (nSPS) is 22.4. The average Bonchev–Trinajstić information content (AvgIpc) is 3.38. The van der Waals surface area contributed by atoms with Crippen LogP contribution in [0.3, 0.4) is 0 Å². The van der Waals surface area contributed by atoms with Gasteiger partial charge in [0, 0.05) is 44.2 Å². The maximum absolute atomic E-state index is 13.5. The third kappa shape index (κ3) is 6.82. The molecule has 0 aliphatic heterocycles. The van der Waals surface area contributed by atoms with Crippen LogP contribution in [0.25, 0.3) is 16.9 Å². The van der Waals surface area contributed by atoms with E-state index >= 15 is 0 Å². The summed E-state index contributed by atoms with van der Waals surface area (Å²) in [5.74, 6) is -0.222. The number of fused-ring (bicyclic) bond motifs is 1. The summed E-state index contributed by atoms with van der Waals surface area (Å²) >= 11 is 0. The Morgan fingerprint density at radius 1 is 0.829 bits per heavy atom. The summed E-state index contributed by atoms with van der Waals surface area (Å²) in [7, 11) is 0. The maximum atomic E-state index is 13.5. The van der Waals surface area contributed by atoms with Gasteiger partial charge in [0.1, 0.15) is 6.07 Å². The number of pyridine rings is 1. The molecule has 5 rings (SSSR count). The van der Waals surface area contributed by atoms with Crippen molar-refractivity contribution < 1.29 is 14.4 Å². The smallest absolute Gasteiger partial charge is 0.255 e. The van der Waals surface area contributed by atoms with E-state index < -0.39 is 0 Å². The van der Waals surface area contributed by atoms with Gasteiger partial charge < -0.3 is 21.3 Å². The van der Waals surface area contributed by atoms with Crippen molar-refractivity contribution in [2.45, 2.75) is 89.4 Å². The number of nitrogens with zero attached hydrogens (tertiary/aromatic N) is 4. The lowest BCUT2D eigenvalue weighted by Crippen LogP contribution is -2.43. The van der Waals surface area contributed by atoms with Crippen LogP contribution in [0.1, 0.15) is 81.1 Å². The van der Waals surface area contributed by atoms with E-state index in [4.69, 9.17) is 0 Å². The van der Waals surface area contributed by atoms with Crippen LogP contribution in [0.2, 0.25) is 0 Å². The lowest BCUT2D eigenvalue weighted by Gasteiger charge is -2.31. The summed E-state index contributed by atoms with van der Waals surface area (Å²) in [6.45, 7) is 3.07. The molecule has 0 unspecified atom stereocenters. The van der Waals surface area contributed by atoms with E-state index in [1.807, 2.05) is 18.2 Å². The summed E-state index contributed by atoms with van der Waals surface area (Å²) in [6.07, 6.45) is 9.83. The number of anilines is 1. The Morgan fingerprint density at radius 3 is 2.00 bits per heavy atom. The molecule has 11 nitrogen and oxygen atoms in total. The quantitative estimate of drug-likeness (QED) is 0.348. The van der Waals surface area contributed by atoms with Gasteiger partial charge in [0.25, 0.3) is 5.91 Å². The van der Waals surface area contributed by atoms with Gasteiger partial charge in [-0.3, -0.25) is 19.4 Å². The number of hydrogen-bond donors (Lipinski definition) is 4. The van der Waals surface area contributed by atoms with Crippen molar-refractivity contribution in [3.63, 3.8) is 0 Å². The summed E-state index contributed by atoms with van der Waals surface area (Å²) in [5.41, 5.74) is 3.84. The summed E-state index contributed by atoms with van der Waals surface area (Å²) in [6, 6.07) is 10.1. The van der Waals surface area contributed by atoms with Crippen LogP contribution < -0.4 is 21.3 Å². The van der Waals surface area contributed by atoms with Crippen LogP contribution in [0.15, 0.2) is 36.7 Å². The Hall–Kier alpha value is -4.46. The second kappa shape index (κ2) is 12.4. The molecule has 2 saturated carbocycles. The third-order valence-corrected chi connectivity index (χ3v) is 8.00. The molecular formula is C30H36N8O3. The Labute approximate surface area is 239 Å². The van der Waals surface area contributed by atoms with Crippen LogP contribution in [-0.2, 0) is 9.59 Å². The molecule has 41 heavy (non-hydrogen) atoms.